The Morgan fingerprint density at radius 1 is 1.38 bits per heavy atom. The molecule has 5 heteroatoms. The highest BCUT2D eigenvalue weighted by atomic mass is 79.9. The van der Waals surface area contributed by atoms with Gasteiger partial charge in [0.05, 0.1) is 8.66 Å². The molecule has 0 saturated heterocycles. The van der Waals surface area contributed by atoms with Crippen molar-refractivity contribution in [1.29, 1.82) is 0 Å². The van der Waals surface area contributed by atoms with E-state index in [9.17, 15) is 9.59 Å². The van der Waals surface area contributed by atoms with E-state index in [0.717, 1.165) is 16.6 Å². The molecule has 1 saturated carbocycles. The maximum atomic E-state index is 11.8. The van der Waals surface area contributed by atoms with E-state index >= 15 is 0 Å². The van der Waals surface area contributed by atoms with Gasteiger partial charge in [0.15, 0.2) is 0 Å². The van der Waals surface area contributed by atoms with Crippen LogP contribution in [0.4, 0.5) is 0 Å². The standard InChI is InChI=1S/C11H12BrNO2S/c12-10-6-5-9(16-10)11(15)13-7-1-3-8(14)4-2-7/h5-7H,1-4H2,(H,13,15). The third kappa shape index (κ3) is 2.92. The van der Waals surface area contributed by atoms with Gasteiger partial charge in [-0.1, -0.05) is 0 Å². The molecule has 1 heterocycles. The Hall–Kier alpha value is -0.680. The first-order valence-electron chi connectivity index (χ1n) is 5.23. The summed E-state index contributed by atoms with van der Waals surface area (Å²) in [5.74, 6) is 0.277. The second-order valence-electron chi connectivity index (χ2n) is 3.89. The van der Waals surface area contributed by atoms with Gasteiger partial charge in [0.25, 0.3) is 5.91 Å². The minimum Gasteiger partial charge on any atom is -0.349 e. The SMILES string of the molecule is O=C1CCC(NC(=O)c2ccc(Br)s2)CC1. The molecule has 1 aliphatic carbocycles. The summed E-state index contributed by atoms with van der Waals surface area (Å²) in [6, 6.07) is 3.83. The van der Waals surface area contributed by atoms with Gasteiger partial charge in [-0.2, -0.15) is 0 Å². The molecule has 16 heavy (non-hydrogen) atoms. The molecule has 0 atom stereocenters. The molecule has 1 aromatic heterocycles. The van der Waals surface area contributed by atoms with Gasteiger partial charge in [0.2, 0.25) is 0 Å². The van der Waals surface area contributed by atoms with Crippen LogP contribution in [0.1, 0.15) is 35.4 Å². The molecule has 1 fully saturated rings. The number of thiophene rings is 1. The van der Waals surface area contributed by atoms with Gasteiger partial charge in [-0.3, -0.25) is 9.59 Å². The van der Waals surface area contributed by atoms with Gasteiger partial charge >= 0.3 is 0 Å². The van der Waals surface area contributed by atoms with E-state index in [2.05, 4.69) is 21.2 Å². The summed E-state index contributed by atoms with van der Waals surface area (Å²) in [5.41, 5.74) is 0. The zero-order chi connectivity index (χ0) is 11.5. The summed E-state index contributed by atoms with van der Waals surface area (Å²) in [5, 5.41) is 2.97. The van der Waals surface area contributed by atoms with Crippen LogP contribution >= 0.6 is 27.3 Å². The highest BCUT2D eigenvalue weighted by Gasteiger charge is 2.21. The van der Waals surface area contributed by atoms with Gasteiger partial charge in [0, 0.05) is 18.9 Å². The van der Waals surface area contributed by atoms with Crippen molar-refractivity contribution in [1.82, 2.24) is 5.32 Å². The number of hydrogen-bond acceptors (Lipinski definition) is 3. The fourth-order valence-corrected chi connectivity index (χ4v) is 3.07. The highest BCUT2D eigenvalue weighted by Crippen LogP contribution is 2.22. The van der Waals surface area contributed by atoms with Crippen molar-refractivity contribution >= 4 is 39.0 Å². The van der Waals surface area contributed by atoms with Crippen molar-refractivity contribution in [3.05, 3.63) is 20.8 Å². The van der Waals surface area contributed by atoms with Crippen LogP contribution in [0, 0.1) is 0 Å². The van der Waals surface area contributed by atoms with Gasteiger partial charge < -0.3 is 5.32 Å². The van der Waals surface area contributed by atoms with E-state index < -0.39 is 0 Å². The summed E-state index contributed by atoms with van der Waals surface area (Å²) in [4.78, 5) is 23.6. The molecule has 0 spiro atoms. The smallest absolute Gasteiger partial charge is 0.261 e. The van der Waals surface area contributed by atoms with E-state index in [1.54, 1.807) is 6.07 Å². The Kier molecular flexibility index (Phi) is 3.76. The number of ketones is 1. The second kappa shape index (κ2) is 5.10. The summed E-state index contributed by atoms with van der Waals surface area (Å²) in [6.07, 6.45) is 2.74. The van der Waals surface area contributed by atoms with Crippen molar-refractivity contribution in [2.24, 2.45) is 0 Å². The molecule has 0 radical (unpaired) electrons. The van der Waals surface area contributed by atoms with Gasteiger partial charge in [-0.15, -0.1) is 11.3 Å². The molecule has 1 amide bonds. The lowest BCUT2D eigenvalue weighted by Gasteiger charge is -2.21. The zero-order valence-corrected chi connectivity index (χ0v) is 11.1. The van der Waals surface area contributed by atoms with Crippen LogP contribution in [0.3, 0.4) is 0 Å². The van der Waals surface area contributed by atoms with Crippen LogP contribution in [0.5, 0.6) is 0 Å². The van der Waals surface area contributed by atoms with Gasteiger partial charge in [-0.25, -0.2) is 0 Å². The largest absolute Gasteiger partial charge is 0.349 e. The van der Waals surface area contributed by atoms with Crippen LogP contribution in [-0.2, 0) is 4.79 Å². The predicted molar refractivity (Wildman–Crippen MR) is 66.7 cm³/mol. The molecule has 0 aliphatic heterocycles. The first-order chi connectivity index (χ1) is 7.65. The molecule has 1 aromatic rings. The van der Waals surface area contributed by atoms with Gasteiger partial charge in [0.1, 0.15) is 5.78 Å². The molecule has 1 N–H and O–H groups in total. The summed E-state index contributed by atoms with van der Waals surface area (Å²) in [7, 11) is 0. The zero-order valence-electron chi connectivity index (χ0n) is 8.66. The topological polar surface area (TPSA) is 46.2 Å². The Morgan fingerprint density at radius 3 is 2.62 bits per heavy atom. The van der Waals surface area contributed by atoms with Crippen molar-refractivity contribution in [2.75, 3.05) is 0 Å². The van der Waals surface area contributed by atoms with E-state index in [1.807, 2.05) is 6.07 Å². The Morgan fingerprint density at radius 2 is 2.06 bits per heavy atom. The fourth-order valence-electron chi connectivity index (χ4n) is 1.78. The molecule has 86 valence electrons. The lowest BCUT2D eigenvalue weighted by atomic mass is 9.94. The molecule has 3 nitrogen and oxygen atoms in total. The molecule has 2 rings (SSSR count). The third-order valence-electron chi connectivity index (χ3n) is 2.68. The molecular weight excluding hydrogens is 290 g/mol. The van der Waals surface area contributed by atoms with Crippen LogP contribution in [-0.4, -0.2) is 17.7 Å². The first kappa shape index (κ1) is 11.8. The summed E-state index contributed by atoms with van der Waals surface area (Å²) >= 11 is 4.75. The molecular formula is C11H12BrNO2S. The number of nitrogens with one attached hydrogen (secondary N) is 1. The third-order valence-corrected chi connectivity index (χ3v) is 4.30. The fraction of sp³-hybridized carbons (Fsp3) is 0.455. The molecule has 0 unspecified atom stereocenters. The Balaban J connectivity index is 1.90. The van der Waals surface area contributed by atoms with Crippen molar-refractivity contribution < 1.29 is 9.59 Å². The summed E-state index contributed by atoms with van der Waals surface area (Å²) < 4.78 is 0.955. The molecule has 1 aliphatic rings. The van der Waals surface area contributed by atoms with E-state index in [1.165, 1.54) is 11.3 Å². The molecule has 0 bridgehead atoms. The summed E-state index contributed by atoms with van der Waals surface area (Å²) in [6.45, 7) is 0. The second-order valence-corrected chi connectivity index (χ2v) is 6.35. The van der Waals surface area contributed by atoms with E-state index in [4.69, 9.17) is 0 Å². The maximum Gasteiger partial charge on any atom is 0.261 e. The maximum absolute atomic E-state index is 11.8. The first-order valence-corrected chi connectivity index (χ1v) is 6.84. The normalized spacial score (nSPS) is 17.4. The number of Topliss-reactive ketones (excluding diaryl/α,β-unsaturated/α-hetero) is 1. The lowest BCUT2D eigenvalue weighted by molar-refractivity contribution is -0.120. The number of rotatable bonds is 2. The monoisotopic (exact) mass is 301 g/mol. The van der Waals surface area contributed by atoms with E-state index in [-0.39, 0.29) is 11.9 Å². The van der Waals surface area contributed by atoms with Crippen LogP contribution in [0.15, 0.2) is 15.9 Å². The van der Waals surface area contributed by atoms with E-state index in [0.29, 0.717) is 23.5 Å². The van der Waals surface area contributed by atoms with Crippen molar-refractivity contribution in [3.63, 3.8) is 0 Å². The number of hydrogen-bond donors (Lipinski definition) is 1. The quantitative estimate of drug-likeness (QED) is 0.913. The van der Waals surface area contributed by atoms with Crippen molar-refractivity contribution in [2.45, 2.75) is 31.7 Å². The highest BCUT2D eigenvalue weighted by molar-refractivity contribution is 9.11. The van der Waals surface area contributed by atoms with Crippen LogP contribution in [0.25, 0.3) is 0 Å². The minimum absolute atomic E-state index is 0.0324. The number of amides is 1. The number of halogens is 1. The lowest BCUT2D eigenvalue weighted by Crippen LogP contribution is -2.37. The Labute approximate surface area is 106 Å². The average molecular weight is 302 g/mol. The van der Waals surface area contributed by atoms with Crippen LogP contribution in [0.2, 0.25) is 0 Å². The Bertz CT molecular complexity index is 406. The predicted octanol–water partition coefficient (Wildman–Crippen LogP) is 2.75. The average Bonchev–Trinajstić information content (AvgIpc) is 2.68. The van der Waals surface area contributed by atoms with Crippen LogP contribution < -0.4 is 5.32 Å². The minimum atomic E-state index is -0.0324. The number of carbonyl (C=O) groups excluding carboxylic acids is 2. The van der Waals surface area contributed by atoms with Crippen molar-refractivity contribution in [3.8, 4) is 0 Å². The molecule has 0 aromatic carbocycles. The van der Waals surface area contributed by atoms with Gasteiger partial charge in [-0.05, 0) is 40.9 Å². The number of carbonyl (C=O) groups is 2.